The Hall–Kier alpha value is -2.20. The fraction of sp³-hybridized carbons (Fsp3) is 0.250. The number of pyridine rings is 1. The molecule has 102 valence electrons. The van der Waals surface area contributed by atoms with Crippen LogP contribution in [0.1, 0.15) is 18.3 Å². The van der Waals surface area contributed by atoms with Crippen molar-refractivity contribution in [2.24, 2.45) is 0 Å². The molecular formula is C16H18N4. The first-order valence-corrected chi connectivity index (χ1v) is 6.90. The second kappa shape index (κ2) is 5.43. The van der Waals surface area contributed by atoms with Crippen LogP contribution in [0.4, 0.5) is 0 Å². The molecule has 1 aromatic carbocycles. The second-order valence-corrected chi connectivity index (χ2v) is 4.83. The van der Waals surface area contributed by atoms with Crippen LogP contribution in [0.2, 0.25) is 0 Å². The van der Waals surface area contributed by atoms with E-state index in [1.165, 1.54) is 0 Å². The average Bonchev–Trinajstić information content (AvgIpc) is 2.93. The van der Waals surface area contributed by atoms with Gasteiger partial charge >= 0.3 is 0 Å². The Bertz CT molecular complexity index is 730. The Morgan fingerprint density at radius 2 is 2.05 bits per heavy atom. The lowest BCUT2D eigenvalue weighted by atomic mass is 10.2. The van der Waals surface area contributed by atoms with E-state index in [9.17, 15) is 0 Å². The van der Waals surface area contributed by atoms with Gasteiger partial charge in [0.05, 0.1) is 16.9 Å². The molecule has 0 bridgehead atoms. The van der Waals surface area contributed by atoms with Crippen molar-refractivity contribution in [3.8, 4) is 5.69 Å². The number of fused-ring (bicyclic) bond motifs is 1. The van der Waals surface area contributed by atoms with Crippen LogP contribution >= 0.6 is 0 Å². The van der Waals surface area contributed by atoms with E-state index in [0.29, 0.717) is 0 Å². The van der Waals surface area contributed by atoms with Crippen molar-refractivity contribution in [3.05, 3.63) is 54.0 Å². The van der Waals surface area contributed by atoms with Gasteiger partial charge in [0.2, 0.25) is 0 Å². The van der Waals surface area contributed by atoms with Crippen molar-refractivity contribution in [2.75, 3.05) is 6.54 Å². The van der Waals surface area contributed by atoms with Gasteiger partial charge in [-0.2, -0.15) is 5.10 Å². The standard InChI is InChI=1S/C16H18N4/c1-3-17-11-14-9-10-20(19-14)15-6-4-5-13-8-7-12(2)18-16(13)15/h4-10,17H,3,11H2,1-2H3. The number of hydrogen-bond acceptors (Lipinski definition) is 3. The fourth-order valence-corrected chi connectivity index (χ4v) is 2.26. The first-order valence-electron chi connectivity index (χ1n) is 6.90. The zero-order valence-electron chi connectivity index (χ0n) is 11.8. The number of para-hydroxylation sites is 1. The third-order valence-corrected chi connectivity index (χ3v) is 3.29. The first kappa shape index (κ1) is 12.8. The third-order valence-electron chi connectivity index (χ3n) is 3.29. The first-order chi connectivity index (χ1) is 9.78. The molecule has 0 aliphatic rings. The molecule has 3 rings (SSSR count). The quantitative estimate of drug-likeness (QED) is 0.789. The summed E-state index contributed by atoms with van der Waals surface area (Å²) in [4.78, 5) is 4.65. The summed E-state index contributed by atoms with van der Waals surface area (Å²) in [5, 5.41) is 9.03. The molecular weight excluding hydrogens is 248 g/mol. The minimum atomic E-state index is 0.792. The minimum absolute atomic E-state index is 0.792. The van der Waals surface area contributed by atoms with E-state index < -0.39 is 0 Å². The smallest absolute Gasteiger partial charge is 0.0962 e. The van der Waals surface area contributed by atoms with Gasteiger partial charge < -0.3 is 5.32 Å². The van der Waals surface area contributed by atoms with Gasteiger partial charge in [-0.3, -0.25) is 4.98 Å². The Morgan fingerprint density at radius 3 is 2.90 bits per heavy atom. The molecule has 0 saturated carbocycles. The highest BCUT2D eigenvalue weighted by atomic mass is 15.3. The fourth-order valence-electron chi connectivity index (χ4n) is 2.26. The molecule has 0 aliphatic heterocycles. The predicted molar refractivity (Wildman–Crippen MR) is 81.0 cm³/mol. The van der Waals surface area contributed by atoms with Crippen LogP contribution < -0.4 is 5.32 Å². The number of nitrogens with one attached hydrogen (secondary N) is 1. The van der Waals surface area contributed by atoms with Crippen molar-refractivity contribution in [1.29, 1.82) is 0 Å². The van der Waals surface area contributed by atoms with Crippen molar-refractivity contribution < 1.29 is 0 Å². The Morgan fingerprint density at radius 1 is 1.15 bits per heavy atom. The van der Waals surface area contributed by atoms with E-state index >= 15 is 0 Å². The van der Waals surface area contributed by atoms with Crippen molar-refractivity contribution in [2.45, 2.75) is 20.4 Å². The summed E-state index contributed by atoms with van der Waals surface area (Å²) >= 11 is 0. The molecule has 1 N–H and O–H groups in total. The predicted octanol–water partition coefficient (Wildman–Crippen LogP) is 2.84. The zero-order valence-corrected chi connectivity index (χ0v) is 11.8. The number of aromatic nitrogens is 3. The number of nitrogens with zero attached hydrogens (tertiary/aromatic N) is 3. The Balaban J connectivity index is 2.05. The molecule has 20 heavy (non-hydrogen) atoms. The monoisotopic (exact) mass is 266 g/mol. The molecule has 2 heterocycles. The van der Waals surface area contributed by atoms with Crippen LogP contribution in [0.25, 0.3) is 16.6 Å². The van der Waals surface area contributed by atoms with Crippen LogP contribution in [0.15, 0.2) is 42.6 Å². The molecule has 0 amide bonds. The van der Waals surface area contributed by atoms with Crippen molar-refractivity contribution >= 4 is 10.9 Å². The van der Waals surface area contributed by atoms with Gasteiger partial charge in [-0.25, -0.2) is 4.68 Å². The summed E-state index contributed by atoms with van der Waals surface area (Å²) in [5.41, 5.74) is 4.07. The molecule has 4 nitrogen and oxygen atoms in total. The topological polar surface area (TPSA) is 42.7 Å². The number of hydrogen-bond donors (Lipinski definition) is 1. The highest BCUT2D eigenvalue weighted by Gasteiger charge is 2.06. The molecule has 0 fully saturated rings. The van der Waals surface area contributed by atoms with E-state index in [1.54, 1.807) is 0 Å². The average molecular weight is 266 g/mol. The van der Waals surface area contributed by atoms with E-state index in [4.69, 9.17) is 0 Å². The van der Waals surface area contributed by atoms with Gasteiger partial charge in [-0.15, -0.1) is 0 Å². The van der Waals surface area contributed by atoms with Gasteiger partial charge in [0.1, 0.15) is 0 Å². The van der Waals surface area contributed by atoms with Crippen molar-refractivity contribution in [3.63, 3.8) is 0 Å². The Kier molecular flexibility index (Phi) is 3.48. The summed E-state index contributed by atoms with van der Waals surface area (Å²) in [6.45, 7) is 5.84. The maximum atomic E-state index is 4.65. The molecule has 0 aliphatic carbocycles. The van der Waals surface area contributed by atoms with Gasteiger partial charge in [0, 0.05) is 23.8 Å². The molecule has 0 radical (unpaired) electrons. The summed E-state index contributed by atoms with van der Waals surface area (Å²) in [6, 6.07) is 12.3. The van der Waals surface area contributed by atoms with Crippen LogP contribution in [-0.2, 0) is 6.54 Å². The molecule has 0 saturated heterocycles. The highest BCUT2D eigenvalue weighted by molar-refractivity contribution is 5.86. The zero-order chi connectivity index (χ0) is 13.9. The van der Waals surface area contributed by atoms with Crippen LogP contribution in [0, 0.1) is 6.92 Å². The van der Waals surface area contributed by atoms with Gasteiger partial charge in [0.15, 0.2) is 0 Å². The SMILES string of the molecule is CCNCc1ccn(-c2cccc3ccc(C)nc23)n1. The largest absolute Gasteiger partial charge is 0.311 e. The number of aryl methyl sites for hydroxylation is 1. The molecule has 4 heteroatoms. The third kappa shape index (κ3) is 2.42. The lowest BCUT2D eigenvalue weighted by Gasteiger charge is -2.06. The van der Waals surface area contributed by atoms with Gasteiger partial charge in [0.25, 0.3) is 0 Å². The van der Waals surface area contributed by atoms with Gasteiger partial charge in [-0.1, -0.05) is 25.1 Å². The second-order valence-electron chi connectivity index (χ2n) is 4.83. The molecule has 0 spiro atoms. The van der Waals surface area contributed by atoms with Crippen LogP contribution in [0.3, 0.4) is 0 Å². The molecule has 2 aromatic heterocycles. The maximum Gasteiger partial charge on any atom is 0.0962 e. The van der Waals surface area contributed by atoms with E-state index in [0.717, 1.165) is 41.1 Å². The Labute approximate surface area is 118 Å². The summed E-state index contributed by atoms with van der Waals surface area (Å²) in [6.07, 6.45) is 1.99. The summed E-state index contributed by atoms with van der Waals surface area (Å²) in [5.74, 6) is 0. The summed E-state index contributed by atoms with van der Waals surface area (Å²) < 4.78 is 1.90. The highest BCUT2D eigenvalue weighted by Crippen LogP contribution is 2.20. The maximum absolute atomic E-state index is 4.65. The van der Waals surface area contributed by atoms with Crippen LogP contribution in [-0.4, -0.2) is 21.3 Å². The molecule has 0 atom stereocenters. The van der Waals surface area contributed by atoms with Gasteiger partial charge in [-0.05, 0) is 31.7 Å². The van der Waals surface area contributed by atoms with E-state index in [1.807, 2.05) is 36.0 Å². The number of benzene rings is 1. The lowest BCUT2D eigenvalue weighted by molar-refractivity contribution is 0.697. The van der Waals surface area contributed by atoms with E-state index in [2.05, 4.69) is 40.5 Å². The van der Waals surface area contributed by atoms with E-state index in [-0.39, 0.29) is 0 Å². The minimum Gasteiger partial charge on any atom is -0.311 e. The molecule has 3 aromatic rings. The number of rotatable bonds is 4. The van der Waals surface area contributed by atoms with Crippen molar-refractivity contribution in [1.82, 2.24) is 20.1 Å². The normalized spacial score (nSPS) is 11.1. The summed E-state index contributed by atoms with van der Waals surface area (Å²) in [7, 11) is 0. The molecule has 0 unspecified atom stereocenters. The van der Waals surface area contributed by atoms with Crippen LogP contribution in [0.5, 0.6) is 0 Å². The lowest BCUT2D eigenvalue weighted by Crippen LogP contribution is -2.12.